The number of hydrogen-bond donors (Lipinski definition) is 1. The number of nitrogens with one attached hydrogen (secondary N) is 1. The Morgan fingerprint density at radius 1 is 1.67 bits per heavy atom. The Kier molecular flexibility index (Phi) is 6.38. The van der Waals surface area contributed by atoms with Crippen LogP contribution in [0.25, 0.3) is 0 Å². The molecule has 0 aliphatic rings. The van der Waals surface area contributed by atoms with E-state index in [0.29, 0.717) is 11.4 Å². The van der Waals surface area contributed by atoms with Crippen LogP contribution in [0, 0.1) is 0 Å². The van der Waals surface area contributed by atoms with Gasteiger partial charge in [-0.1, -0.05) is 22.9 Å². The Morgan fingerprint density at radius 3 is 2.67 bits per heavy atom. The van der Waals surface area contributed by atoms with Crippen LogP contribution in [0.5, 0.6) is 0 Å². The van der Waals surface area contributed by atoms with Crippen LogP contribution >= 0.6 is 15.9 Å². The van der Waals surface area contributed by atoms with E-state index in [-0.39, 0.29) is 5.91 Å². The van der Waals surface area contributed by atoms with Gasteiger partial charge in [0.05, 0.1) is 5.33 Å². The molecule has 1 unspecified atom stereocenters. The van der Waals surface area contributed by atoms with E-state index in [1.54, 1.807) is 0 Å². The lowest BCUT2D eigenvalue weighted by atomic mass is 10.3. The molecule has 0 saturated carbocycles. The van der Waals surface area contributed by atoms with E-state index >= 15 is 0 Å². The molecule has 12 heavy (non-hydrogen) atoms. The van der Waals surface area contributed by atoms with Gasteiger partial charge in [0.2, 0.25) is 5.91 Å². The molecule has 3 nitrogen and oxygen atoms in total. The lowest BCUT2D eigenvalue weighted by Crippen LogP contribution is -2.40. The lowest BCUT2D eigenvalue weighted by Gasteiger charge is -2.22. The molecular weight excluding hydrogens is 220 g/mol. The summed E-state index contributed by atoms with van der Waals surface area (Å²) in [5.41, 5.74) is 0. The van der Waals surface area contributed by atoms with Crippen molar-refractivity contribution in [1.82, 2.24) is 10.2 Å². The zero-order valence-electron chi connectivity index (χ0n) is 7.93. The molecule has 72 valence electrons. The molecule has 0 aromatic rings. The van der Waals surface area contributed by atoms with Crippen molar-refractivity contribution in [3.05, 3.63) is 0 Å². The van der Waals surface area contributed by atoms with Gasteiger partial charge in [0.15, 0.2) is 0 Å². The average Bonchev–Trinajstić information content (AvgIpc) is 2.11. The van der Waals surface area contributed by atoms with Gasteiger partial charge in [-0.05, 0) is 20.5 Å². The molecule has 0 rings (SSSR count). The minimum Gasteiger partial charge on any atom is -0.354 e. The van der Waals surface area contributed by atoms with Gasteiger partial charge >= 0.3 is 0 Å². The summed E-state index contributed by atoms with van der Waals surface area (Å²) in [4.78, 5) is 13.0. The van der Waals surface area contributed by atoms with E-state index < -0.39 is 0 Å². The van der Waals surface area contributed by atoms with Gasteiger partial charge in [0.25, 0.3) is 0 Å². The molecule has 0 radical (unpaired) electrons. The summed E-state index contributed by atoms with van der Waals surface area (Å²) in [7, 11) is 2.05. The van der Waals surface area contributed by atoms with E-state index in [0.717, 1.165) is 13.1 Å². The zero-order chi connectivity index (χ0) is 9.56. The van der Waals surface area contributed by atoms with E-state index in [1.807, 2.05) is 7.05 Å². The largest absolute Gasteiger partial charge is 0.354 e. The topological polar surface area (TPSA) is 32.3 Å². The number of carbonyl (C=O) groups is 1. The number of likely N-dealkylation sites (N-methyl/N-ethyl adjacent to an activating group) is 1. The summed E-state index contributed by atoms with van der Waals surface area (Å²) >= 11 is 3.09. The third kappa shape index (κ3) is 4.72. The fourth-order valence-corrected chi connectivity index (χ4v) is 0.975. The number of rotatable bonds is 5. The number of nitrogens with zero attached hydrogens (tertiary/aromatic N) is 1. The first kappa shape index (κ1) is 11.9. The zero-order valence-corrected chi connectivity index (χ0v) is 9.52. The van der Waals surface area contributed by atoms with E-state index in [4.69, 9.17) is 0 Å². The van der Waals surface area contributed by atoms with Crippen molar-refractivity contribution in [1.29, 1.82) is 0 Å². The summed E-state index contributed by atoms with van der Waals surface area (Å²) in [5.74, 6) is 0.0475. The molecule has 1 amide bonds. The summed E-state index contributed by atoms with van der Waals surface area (Å²) < 4.78 is 0. The number of amides is 1. The number of carbonyl (C=O) groups excluding carboxylic acids is 1. The molecule has 1 N–H and O–H groups in total. The first-order valence-electron chi connectivity index (χ1n) is 4.14. The quantitative estimate of drug-likeness (QED) is 0.718. The van der Waals surface area contributed by atoms with Crippen molar-refractivity contribution < 1.29 is 4.79 Å². The molecule has 0 heterocycles. The maximum absolute atomic E-state index is 10.9. The van der Waals surface area contributed by atoms with Crippen molar-refractivity contribution in [2.75, 3.05) is 25.5 Å². The van der Waals surface area contributed by atoms with Crippen molar-refractivity contribution in [2.24, 2.45) is 0 Å². The van der Waals surface area contributed by atoms with Gasteiger partial charge in [-0.15, -0.1) is 0 Å². The number of alkyl halides is 1. The van der Waals surface area contributed by atoms with Crippen molar-refractivity contribution in [3.63, 3.8) is 0 Å². The predicted molar refractivity (Wildman–Crippen MR) is 54.6 cm³/mol. The molecule has 0 aromatic carbocycles. The molecule has 1 atom stereocenters. The van der Waals surface area contributed by atoms with Crippen LogP contribution in [-0.4, -0.2) is 42.3 Å². The van der Waals surface area contributed by atoms with Gasteiger partial charge in [-0.3, -0.25) is 4.79 Å². The molecule has 0 aliphatic carbocycles. The summed E-state index contributed by atoms with van der Waals surface area (Å²) in [5, 5.41) is 3.20. The van der Waals surface area contributed by atoms with Crippen LogP contribution in [0.1, 0.15) is 13.8 Å². The van der Waals surface area contributed by atoms with Gasteiger partial charge in [-0.25, -0.2) is 0 Å². The lowest BCUT2D eigenvalue weighted by molar-refractivity contribution is -0.118. The molecule has 0 bridgehead atoms. The maximum Gasteiger partial charge on any atom is 0.230 e. The summed E-state index contributed by atoms with van der Waals surface area (Å²) in [6.07, 6.45) is 0. The van der Waals surface area contributed by atoms with Crippen LogP contribution in [0.2, 0.25) is 0 Å². The Morgan fingerprint density at radius 2 is 2.25 bits per heavy atom. The second-order valence-electron chi connectivity index (χ2n) is 2.86. The first-order valence-corrected chi connectivity index (χ1v) is 5.26. The normalized spacial score (nSPS) is 13.1. The van der Waals surface area contributed by atoms with Crippen LogP contribution in [0.4, 0.5) is 0 Å². The second kappa shape index (κ2) is 6.43. The SMILES string of the molecule is CCN(C)C(C)CNC(=O)CBr. The monoisotopic (exact) mass is 236 g/mol. The fourth-order valence-electron chi connectivity index (χ4n) is 0.776. The molecular formula is C8H17BrN2O. The predicted octanol–water partition coefficient (Wildman–Crippen LogP) is 0.838. The van der Waals surface area contributed by atoms with Crippen LogP contribution in [0.15, 0.2) is 0 Å². The maximum atomic E-state index is 10.9. The standard InChI is InChI=1S/C8H17BrN2O/c1-4-11(3)7(2)6-10-8(12)5-9/h7H,4-6H2,1-3H3,(H,10,12). The first-order chi connectivity index (χ1) is 5.61. The van der Waals surface area contributed by atoms with Crippen molar-refractivity contribution >= 4 is 21.8 Å². The Labute approximate surface area is 82.6 Å². The van der Waals surface area contributed by atoms with Crippen LogP contribution in [0.3, 0.4) is 0 Å². The van der Waals surface area contributed by atoms with E-state index in [1.165, 1.54) is 0 Å². The third-order valence-corrected chi connectivity index (χ3v) is 2.48. The second-order valence-corrected chi connectivity index (χ2v) is 3.42. The average molecular weight is 237 g/mol. The molecule has 0 aromatic heterocycles. The molecule has 0 saturated heterocycles. The molecule has 0 aliphatic heterocycles. The number of halogens is 1. The highest BCUT2D eigenvalue weighted by Crippen LogP contribution is 1.92. The smallest absolute Gasteiger partial charge is 0.230 e. The summed E-state index contributed by atoms with van der Waals surface area (Å²) in [6, 6.07) is 0.401. The highest BCUT2D eigenvalue weighted by molar-refractivity contribution is 9.09. The Bertz CT molecular complexity index is 141. The summed E-state index contributed by atoms with van der Waals surface area (Å²) in [6.45, 7) is 5.92. The Hall–Kier alpha value is -0.0900. The Balaban J connectivity index is 3.56. The van der Waals surface area contributed by atoms with Crippen molar-refractivity contribution in [3.8, 4) is 0 Å². The van der Waals surface area contributed by atoms with Gasteiger partial charge in [0, 0.05) is 12.6 Å². The van der Waals surface area contributed by atoms with E-state index in [2.05, 4.69) is 40.0 Å². The highest BCUT2D eigenvalue weighted by Gasteiger charge is 2.07. The highest BCUT2D eigenvalue weighted by atomic mass is 79.9. The van der Waals surface area contributed by atoms with Gasteiger partial charge in [0.1, 0.15) is 0 Å². The fraction of sp³-hybridized carbons (Fsp3) is 0.875. The van der Waals surface area contributed by atoms with Crippen LogP contribution in [-0.2, 0) is 4.79 Å². The van der Waals surface area contributed by atoms with Crippen LogP contribution < -0.4 is 5.32 Å². The minimum atomic E-state index is 0.0475. The van der Waals surface area contributed by atoms with Crippen molar-refractivity contribution in [2.45, 2.75) is 19.9 Å². The molecule has 4 heteroatoms. The van der Waals surface area contributed by atoms with Gasteiger partial charge < -0.3 is 10.2 Å². The van der Waals surface area contributed by atoms with E-state index in [9.17, 15) is 4.79 Å². The van der Waals surface area contributed by atoms with Gasteiger partial charge in [-0.2, -0.15) is 0 Å². The minimum absolute atomic E-state index is 0.0475. The number of hydrogen-bond acceptors (Lipinski definition) is 2. The molecule has 0 spiro atoms. The molecule has 0 fully saturated rings. The third-order valence-electron chi connectivity index (χ3n) is 1.97.